The van der Waals surface area contributed by atoms with Gasteiger partial charge in [-0.05, 0) is 37.5 Å². The minimum absolute atomic E-state index is 0.0422. The Labute approximate surface area is 125 Å². The topological polar surface area (TPSA) is 70.2 Å². The Balaban J connectivity index is 1.81. The Hall–Kier alpha value is -1.88. The summed E-state index contributed by atoms with van der Waals surface area (Å²) in [5.74, 6) is -0.0597. The van der Waals surface area contributed by atoms with E-state index in [9.17, 15) is 9.59 Å². The number of carbonyl (C=O) groups is 2. The van der Waals surface area contributed by atoms with E-state index in [1.165, 1.54) is 19.8 Å². The van der Waals surface area contributed by atoms with Crippen LogP contribution in [0.1, 0.15) is 44.7 Å². The fourth-order valence-electron chi connectivity index (χ4n) is 2.16. The van der Waals surface area contributed by atoms with Crippen LogP contribution in [-0.4, -0.2) is 24.4 Å². The Morgan fingerprint density at radius 2 is 2.10 bits per heavy atom. The second-order valence-electron chi connectivity index (χ2n) is 5.57. The highest BCUT2D eigenvalue weighted by molar-refractivity contribution is 5.88. The molecule has 0 radical (unpaired) electrons. The summed E-state index contributed by atoms with van der Waals surface area (Å²) in [6, 6.07) is 8.08. The normalized spacial score (nSPS) is 15.3. The van der Waals surface area contributed by atoms with Gasteiger partial charge in [0.2, 0.25) is 11.8 Å². The number of hydrogen-bond acceptors (Lipinski definition) is 3. The van der Waals surface area contributed by atoms with Crippen molar-refractivity contribution in [3.05, 3.63) is 29.8 Å². The van der Waals surface area contributed by atoms with E-state index in [0.717, 1.165) is 17.8 Å². The van der Waals surface area contributed by atoms with Gasteiger partial charge in [-0.15, -0.1) is 0 Å². The van der Waals surface area contributed by atoms with Gasteiger partial charge >= 0.3 is 0 Å². The van der Waals surface area contributed by atoms with Gasteiger partial charge < -0.3 is 16.0 Å². The van der Waals surface area contributed by atoms with Crippen molar-refractivity contribution in [1.82, 2.24) is 10.6 Å². The Morgan fingerprint density at radius 1 is 1.33 bits per heavy atom. The van der Waals surface area contributed by atoms with Crippen molar-refractivity contribution in [2.75, 3.05) is 11.9 Å². The number of hydrogen-bond donors (Lipinski definition) is 3. The van der Waals surface area contributed by atoms with Crippen LogP contribution in [0.2, 0.25) is 0 Å². The highest BCUT2D eigenvalue weighted by atomic mass is 16.2. The molecule has 1 aromatic rings. The van der Waals surface area contributed by atoms with E-state index in [-0.39, 0.29) is 17.9 Å². The lowest BCUT2D eigenvalue weighted by molar-refractivity contribution is -0.121. The predicted octanol–water partition coefficient (Wildman–Crippen LogP) is 1.96. The van der Waals surface area contributed by atoms with Crippen molar-refractivity contribution in [3.8, 4) is 0 Å². The Bertz CT molecular complexity index is 512. The highest BCUT2D eigenvalue weighted by Crippen LogP contribution is 2.19. The average molecular weight is 289 g/mol. The standard InChI is InChI=1S/C16H23N3O2/c1-11(18-16(21)8-9-17-14-6-7-14)13-4-3-5-15(10-13)19-12(2)20/h3-5,10-11,14,17H,6-9H2,1-2H3,(H,18,21)(H,19,20). The third kappa shape index (κ3) is 5.55. The molecule has 0 heterocycles. The van der Waals surface area contributed by atoms with Gasteiger partial charge in [-0.25, -0.2) is 0 Å². The zero-order valence-electron chi connectivity index (χ0n) is 12.6. The molecular weight excluding hydrogens is 266 g/mol. The first-order valence-electron chi connectivity index (χ1n) is 7.45. The second-order valence-corrected chi connectivity index (χ2v) is 5.57. The molecule has 0 aromatic heterocycles. The maximum atomic E-state index is 11.9. The molecule has 1 aromatic carbocycles. The smallest absolute Gasteiger partial charge is 0.221 e. The number of rotatable bonds is 7. The molecule has 1 unspecified atom stereocenters. The van der Waals surface area contributed by atoms with Crippen LogP contribution in [0.15, 0.2) is 24.3 Å². The molecule has 0 bridgehead atoms. The summed E-state index contributed by atoms with van der Waals surface area (Å²) in [4.78, 5) is 22.9. The molecule has 1 fully saturated rings. The zero-order valence-corrected chi connectivity index (χ0v) is 12.6. The van der Waals surface area contributed by atoms with E-state index in [2.05, 4.69) is 16.0 Å². The minimum atomic E-state index is -0.102. The van der Waals surface area contributed by atoms with Gasteiger partial charge in [0.15, 0.2) is 0 Å². The van der Waals surface area contributed by atoms with Crippen molar-refractivity contribution in [2.45, 2.75) is 45.2 Å². The molecule has 0 aliphatic heterocycles. The number of anilines is 1. The molecule has 5 nitrogen and oxygen atoms in total. The molecule has 0 spiro atoms. The third-order valence-electron chi connectivity index (χ3n) is 3.45. The van der Waals surface area contributed by atoms with Crippen molar-refractivity contribution in [1.29, 1.82) is 0 Å². The van der Waals surface area contributed by atoms with Crippen LogP contribution >= 0.6 is 0 Å². The van der Waals surface area contributed by atoms with E-state index in [0.29, 0.717) is 12.5 Å². The van der Waals surface area contributed by atoms with Crippen LogP contribution in [0, 0.1) is 0 Å². The van der Waals surface area contributed by atoms with Crippen LogP contribution in [0.25, 0.3) is 0 Å². The fraction of sp³-hybridized carbons (Fsp3) is 0.500. The molecule has 1 saturated carbocycles. The Kier molecular flexibility index (Phi) is 5.33. The molecule has 5 heteroatoms. The minimum Gasteiger partial charge on any atom is -0.350 e. The summed E-state index contributed by atoms with van der Waals surface area (Å²) in [5, 5.41) is 9.05. The third-order valence-corrected chi connectivity index (χ3v) is 3.45. The van der Waals surface area contributed by atoms with Crippen LogP contribution in [0.3, 0.4) is 0 Å². The first-order chi connectivity index (χ1) is 10.0. The summed E-state index contributed by atoms with van der Waals surface area (Å²) in [6.07, 6.45) is 2.95. The van der Waals surface area contributed by atoms with Gasteiger partial charge in [-0.1, -0.05) is 12.1 Å². The molecule has 21 heavy (non-hydrogen) atoms. The average Bonchev–Trinajstić information content (AvgIpc) is 3.22. The van der Waals surface area contributed by atoms with Crippen molar-refractivity contribution >= 4 is 17.5 Å². The van der Waals surface area contributed by atoms with E-state index < -0.39 is 0 Å². The molecule has 1 aliphatic rings. The van der Waals surface area contributed by atoms with Crippen molar-refractivity contribution < 1.29 is 9.59 Å². The van der Waals surface area contributed by atoms with E-state index in [1.807, 2.05) is 31.2 Å². The van der Waals surface area contributed by atoms with E-state index >= 15 is 0 Å². The lowest BCUT2D eigenvalue weighted by Crippen LogP contribution is -2.30. The number of benzene rings is 1. The summed E-state index contributed by atoms with van der Waals surface area (Å²) in [5.41, 5.74) is 1.72. The van der Waals surface area contributed by atoms with Crippen molar-refractivity contribution in [3.63, 3.8) is 0 Å². The predicted molar refractivity (Wildman–Crippen MR) is 82.9 cm³/mol. The quantitative estimate of drug-likeness (QED) is 0.718. The first kappa shape index (κ1) is 15.5. The number of nitrogens with one attached hydrogen (secondary N) is 3. The van der Waals surface area contributed by atoms with Gasteiger partial charge in [0.1, 0.15) is 0 Å². The van der Waals surface area contributed by atoms with Gasteiger partial charge in [-0.2, -0.15) is 0 Å². The van der Waals surface area contributed by atoms with Gasteiger partial charge in [0.05, 0.1) is 6.04 Å². The van der Waals surface area contributed by atoms with E-state index in [4.69, 9.17) is 0 Å². The molecule has 2 rings (SSSR count). The maximum Gasteiger partial charge on any atom is 0.221 e. The largest absolute Gasteiger partial charge is 0.350 e. The Morgan fingerprint density at radius 3 is 2.76 bits per heavy atom. The van der Waals surface area contributed by atoms with Crippen molar-refractivity contribution in [2.24, 2.45) is 0 Å². The molecule has 3 N–H and O–H groups in total. The second kappa shape index (κ2) is 7.22. The molecular formula is C16H23N3O2. The van der Waals surface area contributed by atoms with Crippen LogP contribution in [0.5, 0.6) is 0 Å². The SMILES string of the molecule is CC(=O)Nc1cccc(C(C)NC(=O)CCNC2CC2)c1. The van der Waals surface area contributed by atoms with Crippen LogP contribution in [-0.2, 0) is 9.59 Å². The van der Waals surface area contributed by atoms with Gasteiger partial charge in [-0.3, -0.25) is 9.59 Å². The van der Waals surface area contributed by atoms with Crippen LogP contribution < -0.4 is 16.0 Å². The summed E-state index contributed by atoms with van der Waals surface area (Å²) >= 11 is 0. The highest BCUT2D eigenvalue weighted by Gasteiger charge is 2.20. The van der Waals surface area contributed by atoms with Gasteiger partial charge in [0.25, 0.3) is 0 Å². The molecule has 2 amide bonds. The summed E-state index contributed by atoms with van der Waals surface area (Å²) < 4.78 is 0. The lowest BCUT2D eigenvalue weighted by Gasteiger charge is -2.15. The van der Waals surface area contributed by atoms with E-state index in [1.54, 1.807) is 0 Å². The molecule has 1 atom stereocenters. The summed E-state index contributed by atoms with van der Waals surface area (Å²) in [7, 11) is 0. The maximum absolute atomic E-state index is 11.9. The molecule has 0 saturated heterocycles. The monoisotopic (exact) mass is 289 g/mol. The van der Waals surface area contributed by atoms with Gasteiger partial charge in [0, 0.05) is 31.6 Å². The first-order valence-corrected chi connectivity index (χ1v) is 7.45. The molecule has 1 aliphatic carbocycles. The summed E-state index contributed by atoms with van der Waals surface area (Å²) in [6.45, 7) is 4.15. The number of carbonyl (C=O) groups excluding carboxylic acids is 2. The zero-order chi connectivity index (χ0) is 15.2. The lowest BCUT2D eigenvalue weighted by atomic mass is 10.1. The number of amides is 2. The molecule has 114 valence electrons. The van der Waals surface area contributed by atoms with Crippen LogP contribution in [0.4, 0.5) is 5.69 Å². The fourth-order valence-corrected chi connectivity index (χ4v) is 2.16.